The number of carbonyl (C=O) groups is 1. The van der Waals surface area contributed by atoms with E-state index in [1.165, 1.54) is 32.9 Å². The largest absolute Gasteiger partial charge is 0.367 e. The predicted octanol–water partition coefficient (Wildman–Crippen LogP) is 3.35. The first-order valence-electron chi connectivity index (χ1n) is 13.4. The number of amides is 1. The zero-order valence-electron chi connectivity index (χ0n) is 23.0. The summed E-state index contributed by atoms with van der Waals surface area (Å²) >= 11 is 1.48. The predicted molar refractivity (Wildman–Crippen MR) is 161 cm³/mol. The summed E-state index contributed by atoms with van der Waals surface area (Å²) in [5.41, 5.74) is 2.41. The fourth-order valence-electron chi connectivity index (χ4n) is 4.92. The summed E-state index contributed by atoms with van der Waals surface area (Å²) in [4.78, 5) is 47.8. The van der Waals surface area contributed by atoms with Crippen LogP contribution in [-0.4, -0.2) is 75.6 Å². The van der Waals surface area contributed by atoms with Crippen LogP contribution in [0.3, 0.4) is 0 Å². The lowest BCUT2D eigenvalue weighted by atomic mass is 10.1. The topological polar surface area (TPSA) is 121 Å². The van der Waals surface area contributed by atoms with Gasteiger partial charge in [-0.25, -0.2) is 14.4 Å². The second-order valence-electron chi connectivity index (χ2n) is 10.0. The van der Waals surface area contributed by atoms with Crippen LogP contribution in [0.4, 0.5) is 21.7 Å². The number of hydrogen-bond acceptors (Lipinski definition) is 10. The van der Waals surface area contributed by atoms with Crippen LogP contribution in [-0.2, 0) is 6.54 Å². The molecule has 4 aromatic heterocycles. The van der Waals surface area contributed by atoms with E-state index in [1.54, 1.807) is 51.0 Å². The van der Waals surface area contributed by atoms with E-state index in [4.69, 9.17) is 0 Å². The monoisotopic (exact) mass is 585 g/mol. The van der Waals surface area contributed by atoms with Crippen LogP contribution in [0.25, 0.3) is 21.6 Å². The maximum Gasteiger partial charge on any atom is 0.265 e. The van der Waals surface area contributed by atoms with Gasteiger partial charge < -0.3 is 20.4 Å². The van der Waals surface area contributed by atoms with Gasteiger partial charge in [-0.2, -0.15) is 4.98 Å². The molecule has 5 aromatic rings. The second kappa shape index (κ2) is 11.6. The van der Waals surface area contributed by atoms with E-state index in [9.17, 15) is 9.59 Å². The average Bonchev–Trinajstić information content (AvgIpc) is 3.54. The third kappa shape index (κ3) is 5.43. The Balaban J connectivity index is 1.40. The Hall–Kier alpha value is -4.75. The number of piperazine rings is 1. The number of nitrogens with one attached hydrogen (secondary N) is 2. The lowest BCUT2D eigenvalue weighted by molar-refractivity contribution is 0.0825. The molecule has 214 valence electrons. The maximum absolute atomic E-state index is 15.1. The van der Waals surface area contributed by atoms with Crippen molar-refractivity contribution in [1.82, 2.24) is 34.7 Å². The molecule has 0 aliphatic carbocycles. The number of carbonyl (C=O) groups excluding carboxylic acids is 1. The SMILES string of the molecule is CN(C)C(=O)c1cc2cnc(Nc3ccc(N4CCNCC4)c(F)c3)nc2n(Cc2cnccc2-c2nccs2)c1=O. The fraction of sp³-hybridized carbons (Fsp3) is 0.241. The Morgan fingerprint density at radius 2 is 1.95 bits per heavy atom. The average molecular weight is 586 g/mol. The molecule has 0 saturated carbocycles. The molecule has 42 heavy (non-hydrogen) atoms. The van der Waals surface area contributed by atoms with Gasteiger partial charge >= 0.3 is 0 Å². The van der Waals surface area contributed by atoms with Crippen molar-refractivity contribution in [2.24, 2.45) is 0 Å². The molecular formula is C29H28FN9O2S. The third-order valence-corrected chi connectivity index (χ3v) is 7.83. The smallest absolute Gasteiger partial charge is 0.265 e. The Morgan fingerprint density at radius 3 is 2.69 bits per heavy atom. The molecule has 11 nitrogen and oxygen atoms in total. The Labute approximate surface area is 244 Å². The van der Waals surface area contributed by atoms with Crippen molar-refractivity contribution in [3.63, 3.8) is 0 Å². The Bertz CT molecular complexity index is 1820. The van der Waals surface area contributed by atoms with Crippen LogP contribution < -0.4 is 21.1 Å². The Kier molecular flexibility index (Phi) is 7.59. The van der Waals surface area contributed by atoms with Gasteiger partial charge in [0.2, 0.25) is 5.95 Å². The number of pyridine rings is 2. The minimum absolute atomic E-state index is 0.00192. The van der Waals surface area contributed by atoms with E-state index in [-0.39, 0.29) is 23.9 Å². The molecule has 0 radical (unpaired) electrons. The van der Waals surface area contributed by atoms with Crippen molar-refractivity contribution in [3.05, 3.63) is 87.8 Å². The molecule has 1 amide bonds. The van der Waals surface area contributed by atoms with Crippen LogP contribution in [0.2, 0.25) is 0 Å². The molecule has 13 heteroatoms. The van der Waals surface area contributed by atoms with Crippen molar-refractivity contribution < 1.29 is 9.18 Å². The molecule has 2 N–H and O–H groups in total. The minimum atomic E-state index is -0.494. The number of fused-ring (bicyclic) bond motifs is 1. The molecule has 0 unspecified atom stereocenters. The molecule has 1 aliphatic rings. The van der Waals surface area contributed by atoms with Gasteiger partial charge in [0, 0.05) is 92.6 Å². The van der Waals surface area contributed by atoms with Crippen LogP contribution >= 0.6 is 11.3 Å². The molecular weight excluding hydrogens is 557 g/mol. The molecule has 0 bridgehead atoms. The quantitative estimate of drug-likeness (QED) is 0.296. The summed E-state index contributed by atoms with van der Waals surface area (Å²) in [6, 6.07) is 8.27. The number of nitrogens with zero attached hydrogens (tertiary/aromatic N) is 7. The van der Waals surface area contributed by atoms with Crippen molar-refractivity contribution in [2.45, 2.75) is 6.54 Å². The number of hydrogen-bond donors (Lipinski definition) is 2. The van der Waals surface area contributed by atoms with E-state index in [2.05, 4.69) is 30.6 Å². The van der Waals surface area contributed by atoms with Crippen molar-refractivity contribution in [2.75, 3.05) is 50.5 Å². The lowest BCUT2D eigenvalue weighted by Crippen LogP contribution is -2.43. The number of aromatic nitrogens is 5. The fourth-order valence-corrected chi connectivity index (χ4v) is 5.62. The zero-order chi connectivity index (χ0) is 29.2. The van der Waals surface area contributed by atoms with Crippen LogP contribution in [0.5, 0.6) is 0 Å². The summed E-state index contributed by atoms with van der Waals surface area (Å²) in [6.45, 7) is 3.16. The van der Waals surface area contributed by atoms with Gasteiger partial charge in [-0.1, -0.05) is 0 Å². The summed E-state index contributed by atoms with van der Waals surface area (Å²) < 4.78 is 16.5. The first kappa shape index (κ1) is 27.4. The number of anilines is 3. The van der Waals surface area contributed by atoms with Crippen molar-refractivity contribution >= 4 is 45.6 Å². The highest BCUT2D eigenvalue weighted by atomic mass is 32.1. The molecule has 0 atom stereocenters. The first-order valence-corrected chi connectivity index (χ1v) is 14.2. The van der Waals surface area contributed by atoms with Crippen LogP contribution in [0.15, 0.2) is 65.3 Å². The van der Waals surface area contributed by atoms with E-state index in [1.807, 2.05) is 16.3 Å². The summed E-state index contributed by atoms with van der Waals surface area (Å²) in [6.07, 6.45) is 6.61. The number of halogens is 1. The lowest BCUT2D eigenvalue weighted by Gasteiger charge is -2.29. The van der Waals surface area contributed by atoms with E-state index in [0.29, 0.717) is 22.4 Å². The van der Waals surface area contributed by atoms with E-state index in [0.717, 1.165) is 42.3 Å². The Morgan fingerprint density at radius 1 is 1.12 bits per heavy atom. The van der Waals surface area contributed by atoms with Crippen molar-refractivity contribution in [3.8, 4) is 10.6 Å². The standard InChI is InChI=1S/C29H28FN9O2S/c1-37(2)27(40)22-13-18-16-34-29(35-20-3-4-24(23(30)14-20)38-10-7-31-8-11-38)36-25(18)39(28(22)41)17-19-15-32-6-5-21(19)26-33-9-12-42-26/h3-6,9,12-16,31H,7-8,10-11,17H2,1-2H3,(H,34,35,36). The third-order valence-electron chi connectivity index (χ3n) is 7.02. The van der Waals surface area contributed by atoms with Crippen molar-refractivity contribution in [1.29, 1.82) is 0 Å². The number of benzene rings is 1. The van der Waals surface area contributed by atoms with Crippen LogP contribution in [0, 0.1) is 5.82 Å². The highest BCUT2D eigenvalue weighted by Gasteiger charge is 2.21. The maximum atomic E-state index is 15.1. The van der Waals surface area contributed by atoms with Gasteiger partial charge in [-0.05, 0) is 30.3 Å². The summed E-state index contributed by atoms with van der Waals surface area (Å²) in [7, 11) is 3.18. The molecule has 1 fully saturated rings. The van der Waals surface area contributed by atoms with Gasteiger partial charge in [0.1, 0.15) is 22.0 Å². The van der Waals surface area contributed by atoms with Gasteiger partial charge in [0.15, 0.2) is 0 Å². The minimum Gasteiger partial charge on any atom is -0.367 e. The zero-order valence-corrected chi connectivity index (χ0v) is 23.9. The summed E-state index contributed by atoms with van der Waals surface area (Å²) in [5, 5.41) is 9.50. The molecule has 0 spiro atoms. The highest BCUT2D eigenvalue weighted by Crippen LogP contribution is 2.27. The summed E-state index contributed by atoms with van der Waals surface area (Å²) in [5.74, 6) is -0.593. The van der Waals surface area contributed by atoms with Gasteiger partial charge in [0.25, 0.3) is 11.5 Å². The van der Waals surface area contributed by atoms with Gasteiger partial charge in [-0.3, -0.25) is 19.1 Å². The second-order valence-corrected chi connectivity index (χ2v) is 10.9. The number of rotatable bonds is 7. The van der Waals surface area contributed by atoms with Crippen LogP contribution in [0.1, 0.15) is 15.9 Å². The number of thiazole rings is 1. The van der Waals surface area contributed by atoms with E-state index < -0.39 is 11.5 Å². The first-order chi connectivity index (χ1) is 20.4. The van der Waals surface area contributed by atoms with E-state index >= 15 is 4.39 Å². The van der Waals surface area contributed by atoms with Gasteiger partial charge in [0.05, 0.1) is 12.2 Å². The highest BCUT2D eigenvalue weighted by molar-refractivity contribution is 7.13. The molecule has 1 saturated heterocycles. The normalized spacial score (nSPS) is 13.4. The molecule has 5 heterocycles. The molecule has 6 rings (SSSR count). The molecule has 1 aliphatic heterocycles. The molecule has 1 aromatic carbocycles. The van der Waals surface area contributed by atoms with Gasteiger partial charge in [-0.15, -0.1) is 11.3 Å².